The van der Waals surface area contributed by atoms with Gasteiger partial charge in [0.05, 0.1) is 23.8 Å². The van der Waals surface area contributed by atoms with Crippen LogP contribution >= 0.6 is 0 Å². The van der Waals surface area contributed by atoms with Gasteiger partial charge in [0.1, 0.15) is 0 Å². The van der Waals surface area contributed by atoms with Crippen LogP contribution in [0.15, 0.2) is 35.2 Å². The summed E-state index contributed by atoms with van der Waals surface area (Å²) in [5.41, 5.74) is 6.47. The quantitative estimate of drug-likeness (QED) is 0.904. The highest BCUT2D eigenvalue weighted by Gasteiger charge is 2.25. The monoisotopic (exact) mass is 262 g/mol. The van der Waals surface area contributed by atoms with Crippen LogP contribution in [0.2, 0.25) is 0 Å². The second-order valence-electron chi connectivity index (χ2n) is 4.86. The lowest BCUT2D eigenvalue weighted by Gasteiger charge is -2.01. The topological polar surface area (TPSA) is 65.8 Å². The Morgan fingerprint density at radius 3 is 3.00 bits per heavy atom. The SMILES string of the molecule is NC/C(=C\F)Cn1cc2c(=O)n(C3CC3)ccc2n1. The Bertz CT molecular complexity index is 696. The van der Waals surface area contributed by atoms with Gasteiger partial charge in [0.2, 0.25) is 0 Å². The van der Waals surface area contributed by atoms with Crippen molar-refractivity contribution in [2.24, 2.45) is 5.73 Å². The standard InChI is InChI=1S/C13H15FN4O/c14-5-9(6-15)7-17-8-11-12(16-17)3-4-18(13(11)19)10-1-2-10/h3-5,8,10H,1-2,6-7,15H2/b9-5+. The van der Waals surface area contributed by atoms with E-state index >= 15 is 0 Å². The summed E-state index contributed by atoms with van der Waals surface area (Å²) in [7, 11) is 0. The van der Waals surface area contributed by atoms with E-state index in [9.17, 15) is 9.18 Å². The van der Waals surface area contributed by atoms with Crippen LogP contribution in [0, 0.1) is 0 Å². The molecular weight excluding hydrogens is 247 g/mol. The summed E-state index contributed by atoms with van der Waals surface area (Å²) in [5, 5.41) is 4.84. The molecule has 0 spiro atoms. The van der Waals surface area contributed by atoms with Gasteiger partial charge < -0.3 is 10.3 Å². The fourth-order valence-corrected chi connectivity index (χ4v) is 2.15. The van der Waals surface area contributed by atoms with Crippen LogP contribution in [-0.2, 0) is 6.54 Å². The molecule has 0 atom stereocenters. The average Bonchev–Trinajstić information content (AvgIpc) is 3.16. The Kier molecular flexibility index (Phi) is 2.94. The maximum atomic E-state index is 12.5. The van der Waals surface area contributed by atoms with E-state index in [1.807, 2.05) is 6.07 Å². The van der Waals surface area contributed by atoms with Gasteiger partial charge in [-0.2, -0.15) is 5.10 Å². The third kappa shape index (κ3) is 2.19. The molecule has 1 aliphatic rings. The van der Waals surface area contributed by atoms with Gasteiger partial charge in [0.25, 0.3) is 5.56 Å². The Balaban J connectivity index is 2.01. The minimum absolute atomic E-state index is 0.0234. The van der Waals surface area contributed by atoms with Crippen LogP contribution in [0.4, 0.5) is 4.39 Å². The molecule has 1 saturated carbocycles. The second-order valence-corrected chi connectivity index (χ2v) is 4.86. The number of rotatable bonds is 4. The minimum Gasteiger partial charge on any atom is -0.327 e. The summed E-state index contributed by atoms with van der Waals surface area (Å²) in [6, 6.07) is 2.16. The minimum atomic E-state index is -0.0234. The molecule has 1 fully saturated rings. The van der Waals surface area contributed by atoms with E-state index in [-0.39, 0.29) is 18.6 Å². The van der Waals surface area contributed by atoms with Crippen molar-refractivity contribution in [1.29, 1.82) is 0 Å². The third-order valence-corrected chi connectivity index (χ3v) is 3.37. The highest BCUT2D eigenvalue weighted by Crippen LogP contribution is 2.33. The molecule has 6 heteroatoms. The number of nitrogens with two attached hydrogens (primary N) is 1. The molecule has 2 heterocycles. The Morgan fingerprint density at radius 1 is 1.58 bits per heavy atom. The van der Waals surface area contributed by atoms with Crippen LogP contribution in [0.3, 0.4) is 0 Å². The molecule has 100 valence electrons. The lowest BCUT2D eigenvalue weighted by atomic mass is 10.3. The largest absolute Gasteiger partial charge is 0.327 e. The first kappa shape index (κ1) is 12.1. The van der Waals surface area contributed by atoms with Crippen molar-refractivity contribution in [3.63, 3.8) is 0 Å². The van der Waals surface area contributed by atoms with Crippen molar-refractivity contribution in [3.05, 3.63) is 40.7 Å². The number of halogens is 1. The zero-order valence-corrected chi connectivity index (χ0v) is 10.4. The number of hydrogen-bond donors (Lipinski definition) is 1. The summed E-state index contributed by atoms with van der Waals surface area (Å²) in [6.45, 7) is 0.406. The summed E-state index contributed by atoms with van der Waals surface area (Å²) in [6.07, 6.45) is 6.06. The van der Waals surface area contributed by atoms with Gasteiger partial charge in [-0.05, 0) is 24.5 Å². The van der Waals surface area contributed by atoms with Crippen LogP contribution in [0.5, 0.6) is 0 Å². The van der Waals surface area contributed by atoms with E-state index in [4.69, 9.17) is 5.73 Å². The van der Waals surface area contributed by atoms with Gasteiger partial charge in [0, 0.05) is 25.0 Å². The fourth-order valence-electron chi connectivity index (χ4n) is 2.15. The predicted octanol–water partition coefficient (Wildman–Crippen LogP) is 1.34. The average molecular weight is 262 g/mol. The van der Waals surface area contributed by atoms with Crippen molar-refractivity contribution in [3.8, 4) is 0 Å². The lowest BCUT2D eigenvalue weighted by molar-refractivity contribution is 0.637. The van der Waals surface area contributed by atoms with Crippen molar-refractivity contribution < 1.29 is 4.39 Å². The predicted molar refractivity (Wildman–Crippen MR) is 70.5 cm³/mol. The van der Waals surface area contributed by atoms with Gasteiger partial charge >= 0.3 is 0 Å². The fraction of sp³-hybridized carbons (Fsp3) is 0.385. The van der Waals surface area contributed by atoms with Crippen molar-refractivity contribution in [2.75, 3.05) is 6.54 Å². The molecule has 1 aliphatic carbocycles. The highest BCUT2D eigenvalue weighted by atomic mass is 19.1. The zero-order chi connectivity index (χ0) is 13.4. The summed E-state index contributed by atoms with van der Waals surface area (Å²) in [4.78, 5) is 12.2. The first-order valence-electron chi connectivity index (χ1n) is 6.29. The van der Waals surface area contributed by atoms with Crippen LogP contribution in [0.25, 0.3) is 10.9 Å². The molecule has 0 amide bonds. The molecule has 0 bridgehead atoms. The third-order valence-electron chi connectivity index (χ3n) is 3.37. The van der Waals surface area contributed by atoms with Gasteiger partial charge in [0.15, 0.2) is 0 Å². The molecule has 0 aliphatic heterocycles. The van der Waals surface area contributed by atoms with Crippen molar-refractivity contribution in [2.45, 2.75) is 25.4 Å². The number of pyridine rings is 1. The normalized spacial score (nSPS) is 16.2. The number of nitrogens with zero attached hydrogens (tertiary/aromatic N) is 3. The Morgan fingerprint density at radius 2 is 2.37 bits per heavy atom. The molecule has 19 heavy (non-hydrogen) atoms. The van der Waals surface area contributed by atoms with Crippen molar-refractivity contribution >= 4 is 10.9 Å². The maximum Gasteiger partial charge on any atom is 0.261 e. The smallest absolute Gasteiger partial charge is 0.261 e. The van der Waals surface area contributed by atoms with Crippen LogP contribution in [-0.4, -0.2) is 20.9 Å². The van der Waals surface area contributed by atoms with E-state index in [2.05, 4.69) is 5.10 Å². The van der Waals surface area contributed by atoms with Crippen molar-refractivity contribution in [1.82, 2.24) is 14.3 Å². The summed E-state index contributed by atoms with van der Waals surface area (Å²) in [5.74, 6) is 0. The number of fused-ring (bicyclic) bond motifs is 1. The lowest BCUT2D eigenvalue weighted by Crippen LogP contribution is -2.17. The second kappa shape index (κ2) is 4.62. The van der Waals surface area contributed by atoms with Crippen LogP contribution in [0.1, 0.15) is 18.9 Å². The van der Waals surface area contributed by atoms with E-state index in [1.54, 1.807) is 21.6 Å². The van der Waals surface area contributed by atoms with Gasteiger partial charge in [-0.15, -0.1) is 0 Å². The van der Waals surface area contributed by atoms with E-state index < -0.39 is 0 Å². The molecule has 0 radical (unpaired) electrons. The number of aromatic nitrogens is 3. The van der Waals surface area contributed by atoms with E-state index in [0.717, 1.165) is 12.8 Å². The first-order chi connectivity index (χ1) is 9.22. The van der Waals surface area contributed by atoms with Crippen LogP contribution < -0.4 is 11.3 Å². The van der Waals surface area contributed by atoms with Gasteiger partial charge in [-0.3, -0.25) is 9.48 Å². The molecule has 0 aromatic carbocycles. The van der Waals surface area contributed by atoms with Gasteiger partial charge in [-0.25, -0.2) is 4.39 Å². The van der Waals surface area contributed by atoms with Gasteiger partial charge in [-0.1, -0.05) is 0 Å². The Hall–Kier alpha value is -1.95. The van der Waals surface area contributed by atoms with E-state index in [1.165, 1.54) is 0 Å². The molecule has 2 N–H and O–H groups in total. The molecule has 2 aromatic rings. The molecule has 3 rings (SSSR count). The summed E-state index contributed by atoms with van der Waals surface area (Å²) >= 11 is 0. The maximum absolute atomic E-state index is 12.5. The molecule has 5 nitrogen and oxygen atoms in total. The molecule has 2 aromatic heterocycles. The molecule has 0 saturated heterocycles. The first-order valence-corrected chi connectivity index (χ1v) is 6.29. The number of hydrogen-bond acceptors (Lipinski definition) is 3. The zero-order valence-electron chi connectivity index (χ0n) is 10.4. The summed E-state index contributed by atoms with van der Waals surface area (Å²) < 4.78 is 15.8. The Labute approximate surface area is 109 Å². The molecular formula is C13H15FN4O. The molecule has 0 unspecified atom stereocenters. The van der Waals surface area contributed by atoms with E-state index in [0.29, 0.717) is 28.8 Å². The highest BCUT2D eigenvalue weighted by molar-refractivity contribution is 5.76.